The van der Waals surface area contributed by atoms with Crippen molar-refractivity contribution in [2.24, 2.45) is 11.8 Å². The summed E-state index contributed by atoms with van der Waals surface area (Å²) < 4.78 is 0. The zero-order chi connectivity index (χ0) is 10.7. The van der Waals surface area contributed by atoms with E-state index in [1.807, 2.05) is 18.5 Å². The number of hydrogen-bond donors (Lipinski definition) is 1. The summed E-state index contributed by atoms with van der Waals surface area (Å²) in [5, 5.41) is 3.60. The molecule has 1 heterocycles. The Morgan fingerprint density at radius 1 is 1.33 bits per heavy atom. The molecule has 0 amide bonds. The second kappa shape index (κ2) is 4.65. The molecule has 3 atom stereocenters. The zero-order valence-electron chi connectivity index (χ0n) is 9.61. The molecular formula is C13H20N2. The van der Waals surface area contributed by atoms with Crippen molar-refractivity contribution in [1.82, 2.24) is 4.98 Å². The number of rotatable bonds is 2. The first kappa shape index (κ1) is 10.5. The van der Waals surface area contributed by atoms with Gasteiger partial charge in [-0.25, -0.2) is 0 Å². The van der Waals surface area contributed by atoms with E-state index in [4.69, 9.17) is 0 Å². The molecule has 0 bridgehead atoms. The molecule has 2 rings (SSSR count). The molecule has 1 aromatic rings. The highest BCUT2D eigenvalue weighted by atomic mass is 14.9. The molecular weight excluding hydrogens is 184 g/mol. The molecule has 82 valence electrons. The third-order valence-corrected chi connectivity index (χ3v) is 3.47. The maximum absolute atomic E-state index is 4.13. The Hall–Kier alpha value is -1.05. The van der Waals surface area contributed by atoms with Gasteiger partial charge in [-0.05, 0) is 36.8 Å². The highest BCUT2D eigenvalue weighted by Gasteiger charge is 2.25. The Labute approximate surface area is 92.1 Å². The van der Waals surface area contributed by atoms with E-state index in [2.05, 4.69) is 30.2 Å². The minimum absolute atomic E-state index is 0.623. The molecule has 1 saturated carbocycles. The quantitative estimate of drug-likeness (QED) is 0.799. The lowest BCUT2D eigenvalue weighted by Gasteiger charge is -2.33. The van der Waals surface area contributed by atoms with E-state index in [1.54, 1.807) is 0 Å². The van der Waals surface area contributed by atoms with E-state index >= 15 is 0 Å². The van der Waals surface area contributed by atoms with Crippen LogP contribution in [0.5, 0.6) is 0 Å². The first-order valence-electron chi connectivity index (χ1n) is 5.92. The number of nitrogens with zero attached hydrogens (tertiary/aromatic N) is 1. The van der Waals surface area contributed by atoms with Gasteiger partial charge in [0.05, 0.1) is 5.69 Å². The van der Waals surface area contributed by atoms with E-state index in [0.717, 1.165) is 17.5 Å². The molecule has 1 aromatic heterocycles. The lowest BCUT2D eigenvalue weighted by Crippen LogP contribution is -2.33. The third kappa shape index (κ3) is 2.71. The number of hydrogen-bond acceptors (Lipinski definition) is 2. The van der Waals surface area contributed by atoms with E-state index in [-0.39, 0.29) is 0 Å². The molecule has 1 N–H and O–H groups in total. The van der Waals surface area contributed by atoms with Gasteiger partial charge < -0.3 is 5.32 Å². The molecule has 0 aliphatic heterocycles. The minimum atomic E-state index is 0.623. The second-order valence-electron chi connectivity index (χ2n) is 4.89. The predicted molar refractivity (Wildman–Crippen MR) is 63.8 cm³/mol. The monoisotopic (exact) mass is 204 g/mol. The smallest absolute Gasteiger partial charge is 0.0528 e. The van der Waals surface area contributed by atoms with Crippen LogP contribution in [0.3, 0.4) is 0 Å². The van der Waals surface area contributed by atoms with Crippen LogP contribution in [0.1, 0.15) is 33.1 Å². The van der Waals surface area contributed by atoms with Crippen LogP contribution in [0.2, 0.25) is 0 Å². The van der Waals surface area contributed by atoms with Crippen molar-refractivity contribution in [1.29, 1.82) is 0 Å². The molecule has 15 heavy (non-hydrogen) atoms. The van der Waals surface area contributed by atoms with Gasteiger partial charge >= 0.3 is 0 Å². The molecule has 1 aliphatic carbocycles. The van der Waals surface area contributed by atoms with Gasteiger partial charge in [-0.3, -0.25) is 4.98 Å². The first-order valence-corrected chi connectivity index (χ1v) is 5.92. The van der Waals surface area contributed by atoms with Crippen LogP contribution < -0.4 is 5.32 Å². The van der Waals surface area contributed by atoms with Gasteiger partial charge in [0.2, 0.25) is 0 Å². The summed E-state index contributed by atoms with van der Waals surface area (Å²) >= 11 is 0. The Morgan fingerprint density at radius 3 is 2.93 bits per heavy atom. The van der Waals surface area contributed by atoms with Crippen molar-refractivity contribution in [2.75, 3.05) is 5.32 Å². The predicted octanol–water partition coefficient (Wildman–Crippen LogP) is 3.32. The fraction of sp³-hybridized carbons (Fsp3) is 0.615. The van der Waals surface area contributed by atoms with Crippen LogP contribution >= 0.6 is 0 Å². The van der Waals surface area contributed by atoms with Gasteiger partial charge in [0.15, 0.2) is 0 Å². The van der Waals surface area contributed by atoms with E-state index in [9.17, 15) is 0 Å². The molecule has 2 nitrogen and oxygen atoms in total. The van der Waals surface area contributed by atoms with E-state index in [0.29, 0.717) is 6.04 Å². The molecule has 0 spiro atoms. The van der Waals surface area contributed by atoms with E-state index in [1.165, 1.54) is 19.3 Å². The topological polar surface area (TPSA) is 24.9 Å². The van der Waals surface area contributed by atoms with E-state index < -0.39 is 0 Å². The second-order valence-corrected chi connectivity index (χ2v) is 4.89. The van der Waals surface area contributed by atoms with Crippen LogP contribution in [-0.2, 0) is 0 Å². The van der Waals surface area contributed by atoms with Crippen molar-refractivity contribution in [2.45, 2.75) is 39.2 Å². The van der Waals surface area contributed by atoms with Crippen LogP contribution in [0, 0.1) is 11.8 Å². The first-order chi connectivity index (χ1) is 7.25. The Balaban J connectivity index is 1.98. The molecule has 0 aromatic carbocycles. The van der Waals surface area contributed by atoms with Crippen LogP contribution in [-0.4, -0.2) is 11.0 Å². The summed E-state index contributed by atoms with van der Waals surface area (Å²) in [6.45, 7) is 4.70. The van der Waals surface area contributed by atoms with Gasteiger partial charge in [0.1, 0.15) is 0 Å². The van der Waals surface area contributed by atoms with Crippen molar-refractivity contribution < 1.29 is 0 Å². The summed E-state index contributed by atoms with van der Waals surface area (Å²) in [6, 6.07) is 4.70. The van der Waals surface area contributed by atoms with Gasteiger partial charge in [-0.1, -0.05) is 20.3 Å². The normalized spacial score (nSPS) is 31.2. The molecule has 0 saturated heterocycles. The Morgan fingerprint density at radius 2 is 2.20 bits per heavy atom. The Kier molecular flexibility index (Phi) is 3.24. The summed E-state index contributed by atoms with van der Waals surface area (Å²) in [5.74, 6) is 1.64. The molecule has 3 unspecified atom stereocenters. The van der Waals surface area contributed by atoms with Gasteiger partial charge in [0.25, 0.3) is 0 Å². The largest absolute Gasteiger partial charge is 0.381 e. The lowest BCUT2D eigenvalue weighted by molar-refractivity contribution is 0.280. The molecule has 0 radical (unpaired) electrons. The summed E-state index contributed by atoms with van der Waals surface area (Å²) in [5.41, 5.74) is 1.16. The zero-order valence-corrected chi connectivity index (χ0v) is 9.61. The van der Waals surface area contributed by atoms with Crippen LogP contribution in [0.25, 0.3) is 0 Å². The fourth-order valence-corrected chi connectivity index (χ4v) is 2.40. The minimum Gasteiger partial charge on any atom is -0.381 e. The van der Waals surface area contributed by atoms with Crippen molar-refractivity contribution in [3.8, 4) is 0 Å². The maximum Gasteiger partial charge on any atom is 0.0528 e. The lowest BCUT2D eigenvalue weighted by atomic mass is 9.80. The van der Waals surface area contributed by atoms with Gasteiger partial charge in [-0.15, -0.1) is 0 Å². The number of aromatic nitrogens is 1. The number of pyridine rings is 1. The Bertz CT molecular complexity index is 297. The standard InChI is InChI=1S/C13H20N2/c1-10-5-6-11(2)13(8-10)15-12-4-3-7-14-9-12/h3-4,7,9-11,13,15H,5-6,8H2,1-2H3. The third-order valence-electron chi connectivity index (χ3n) is 3.47. The highest BCUT2D eigenvalue weighted by Crippen LogP contribution is 2.30. The van der Waals surface area contributed by atoms with Crippen molar-refractivity contribution >= 4 is 5.69 Å². The number of nitrogens with one attached hydrogen (secondary N) is 1. The summed E-state index contributed by atoms with van der Waals surface area (Å²) in [7, 11) is 0. The average molecular weight is 204 g/mol. The molecule has 1 aliphatic rings. The summed E-state index contributed by atoms with van der Waals surface area (Å²) in [6.07, 6.45) is 7.74. The fourth-order valence-electron chi connectivity index (χ4n) is 2.40. The van der Waals surface area contributed by atoms with Gasteiger partial charge in [0, 0.05) is 18.4 Å². The SMILES string of the molecule is CC1CCC(C)C(Nc2cccnc2)C1. The van der Waals surface area contributed by atoms with Gasteiger partial charge in [-0.2, -0.15) is 0 Å². The maximum atomic E-state index is 4.13. The van der Waals surface area contributed by atoms with Crippen LogP contribution in [0.15, 0.2) is 24.5 Å². The van der Waals surface area contributed by atoms with Crippen LogP contribution in [0.4, 0.5) is 5.69 Å². The van der Waals surface area contributed by atoms with Crippen molar-refractivity contribution in [3.05, 3.63) is 24.5 Å². The van der Waals surface area contributed by atoms with Crippen molar-refractivity contribution in [3.63, 3.8) is 0 Å². The molecule has 1 fully saturated rings. The molecule has 2 heteroatoms. The number of anilines is 1. The highest BCUT2D eigenvalue weighted by molar-refractivity contribution is 5.41. The summed E-state index contributed by atoms with van der Waals surface area (Å²) in [4.78, 5) is 4.13. The average Bonchev–Trinajstić information content (AvgIpc) is 2.25.